The Kier molecular flexibility index (Phi) is 3.62. The van der Waals surface area contributed by atoms with Crippen molar-refractivity contribution in [3.63, 3.8) is 0 Å². The van der Waals surface area contributed by atoms with Crippen LogP contribution in [0.1, 0.15) is 34.3 Å². The quantitative estimate of drug-likeness (QED) is 0.641. The van der Waals surface area contributed by atoms with E-state index >= 15 is 0 Å². The predicted octanol–water partition coefficient (Wildman–Crippen LogP) is 2.34. The summed E-state index contributed by atoms with van der Waals surface area (Å²) in [5, 5.41) is 14.8. The summed E-state index contributed by atoms with van der Waals surface area (Å²) in [6, 6.07) is 6.62. The largest absolute Gasteiger partial charge is 0.361 e. The topological polar surface area (TPSA) is 89.5 Å². The van der Waals surface area contributed by atoms with Crippen LogP contribution >= 0.6 is 0 Å². The number of nitro benzene ring substituents is 1. The van der Waals surface area contributed by atoms with E-state index in [4.69, 9.17) is 4.52 Å². The second kappa shape index (κ2) is 5.59. The Balaban J connectivity index is 1.84. The zero-order chi connectivity index (χ0) is 15.7. The van der Waals surface area contributed by atoms with E-state index in [1.165, 1.54) is 6.07 Å². The van der Waals surface area contributed by atoms with Gasteiger partial charge in [-0.25, -0.2) is 0 Å². The van der Waals surface area contributed by atoms with E-state index in [9.17, 15) is 14.9 Å². The van der Waals surface area contributed by atoms with Gasteiger partial charge in [-0.1, -0.05) is 24.2 Å². The highest BCUT2D eigenvalue weighted by atomic mass is 16.6. The smallest absolute Gasteiger partial charge is 0.276 e. The lowest BCUT2D eigenvalue weighted by Gasteiger charge is -2.27. The molecule has 3 rings (SSSR count). The fourth-order valence-corrected chi connectivity index (χ4v) is 2.68. The summed E-state index contributed by atoms with van der Waals surface area (Å²) in [6.07, 6.45) is 1.14. The lowest BCUT2D eigenvalue weighted by molar-refractivity contribution is -0.385. The molecule has 1 aromatic heterocycles. The summed E-state index contributed by atoms with van der Waals surface area (Å²) in [4.78, 5) is 24.7. The Hall–Kier alpha value is -2.70. The first-order valence-electron chi connectivity index (χ1n) is 7.10. The molecule has 0 bridgehead atoms. The average Bonchev–Trinajstić information content (AvgIpc) is 3.02. The molecule has 0 radical (unpaired) electrons. The summed E-state index contributed by atoms with van der Waals surface area (Å²) in [6.45, 7) is 2.71. The third kappa shape index (κ3) is 2.45. The third-order valence-electron chi connectivity index (χ3n) is 3.85. The number of hydrogen-bond acceptors (Lipinski definition) is 5. The first kappa shape index (κ1) is 14.2. The number of nitrogens with zero attached hydrogens (tertiary/aromatic N) is 3. The molecular formula is C15H15N3O4. The molecule has 1 aromatic carbocycles. The number of hydrogen-bond donors (Lipinski definition) is 0. The Labute approximate surface area is 126 Å². The van der Waals surface area contributed by atoms with Crippen LogP contribution in [0.25, 0.3) is 0 Å². The number of amides is 1. The van der Waals surface area contributed by atoms with Crippen molar-refractivity contribution in [1.82, 2.24) is 10.1 Å². The summed E-state index contributed by atoms with van der Waals surface area (Å²) in [5.41, 5.74) is 1.93. The highest BCUT2D eigenvalue weighted by Gasteiger charge is 2.28. The van der Waals surface area contributed by atoms with Crippen LogP contribution in [0.3, 0.4) is 0 Å². The molecule has 0 aliphatic carbocycles. The molecule has 0 saturated carbocycles. The van der Waals surface area contributed by atoms with Crippen LogP contribution in [0.4, 0.5) is 5.69 Å². The normalized spacial score (nSPS) is 13.8. The van der Waals surface area contributed by atoms with Crippen LogP contribution in [0.2, 0.25) is 0 Å². The van der Waals surface area contributed by atoms with Crippen molar-refractivity contribution in [1.29, 1.82) is 0 Å². The molecule has 1 amide bonds. The zero-order valence-corrected chi connectivity index (χ0v) is 12.1. The highest BCUT2D eigenvalue weighted by molar-refractivity contribution is 5.92. The number of aryl methyl sites for hydroxylation is 1. The number of rotatable bonds is 3. The maximum Gasteiger partial charge on any atom is 0.276 e. The summed E-state index contributed by atoms with van der Waals surface area (Å²) in [7, 11) is 0. The van der Waals surface area contributed by atoms with Gasteiger partial charge < -0.3 is 9.42 Å². The van der Waals surface area contributed by atoms with Gasteiger partial charge >= 0.3 is 0 Å². The Morgan fingerprint density at radius 2 is 2.32 bits per heavy atom. The van der Waals surface area contributed by atoms with Crippen LogP contribution in [0, 0.1) is 10.1 Å². The minimum atomic E-state index is -0.374. The van der Waals surface area contributed by atoms with Gasteiger partial charge in [0.2, 0.25) is 0 Å². The fraction of sp³-hybridized carbons (Fsp3) is 0.333. The van der Waals surface area contributed by atoms with Crippen LogP contribution < -0.4 is 0 Å². The van der Waals surface area contributed by atoms with Gasteiger partial charge in [-0.3, -0.25) is 14.9 Å². The van der Waals surface area contributed by atoms with E-state index < -0.39 is 0 Å². The SMILES string of the molecule is CCc1cc(C(=O)N2CCc3c(cccc3[N+](=O)[O-])C2)no1. The number of nitro groups is 1. The van der Waals surface area contributed by atoms with Crippen LogP contribution in [0.5, 0.6) is 0 Å². The molecule has 2 heterocycles. The van der Waals surface area contributed by atoms with Crippen molar-refractivity contribution in [2.24, 2.45) is 0 Å². The minimum absolute atomic E-state index is 0.124. The molecule has 0 saturated heterocycles. The molecule has 0 atom stereocenters. The molecule has 0 N–H and O–H groups in total. The van der Waals surface area contributed by atoms with E-state index in [0.29, 0.717) is 37.3 Å². The van der Waals surface area contributed by atoms with Crippen LogP contribution in [0.15, 0.2) is 28.8 Å². The van der Waals surface area contributed by atoms with Crippen molar-refractivity contribution < 1.29 is 14.2 Å². The lowest BCUT2D eigenvalue weighted by Crippen LogP contribution is -2.36. The number of benzene rings is 1. The molecule has 0 spiro atoms. The molecule has 0 unspecified atom stereocenters. The predicted molar refractivity (Wildman–Crippen MR) is 77.4 cm³/mol. The molecule has 2 aromatic rings. The van der Waals surface area contributed by atoms with Crippen molar-refractivity contribution in [3.8, 4) is 0 Å². The van der Waals surface area contributed by atoms with Crippen molar-refractivity contribution in [3.05, 3.63) is 57.0 Å². The lowest BCUT2D eigenvalue weighted by atomic mass is 9.97. The fourth-order valence-electron chi connectivity index (χ4n) is 2.68. The molecule has 7 nitrogen and oxygen atoms in total. The number of carbonyl (C=O) groups excluding carboxylic acids is 1. The van der Waals surface area contributed by atoms with Gasteiger partial charge in [0.05, 0.1) is 4.92 Å². The average molecular weight is 301 g/mol. The molecule has 22 heavy (non-hydrogen) atoms. The van der Waals surface area contributed by atoms with E-state index in [2.05, 4.69) is 5.16 Å². The Bertz CT molecular complexity index is 738. The second-order valence-electron chi connectivity index (χ2n) is 5.18. The highest BCUT2D eigenvalue weighted by Crippen LogP contribution is 2.28. The zero-order valence-electron chi connectivity index (χ0n) is 12.1. The molecule has 0 fully saturated rings. The van der Waals surface area contributed by atoms with Gasteiger partial charge in [-0.15, -0.1) is 0 Å². The van der Waals surface area contributed by atoms with Gasteiger partial charge in [-0.2, -0.15) is 0 Å². The Morgan fingerprint density at radius 1 is 1.50 bits per heavy atom. The maximum atomic E-state index is 12.4. The van der Waals surface area contributed by atoms with Gasteiger partial charge in [0.25, 0.3) is 11.6 Å². The van der Waals surface area contributed by atoms with Crippen LogP contribution in [-0.4, -0.2) is 27.4 Å². The minimum Gasteiger partial charge on any atom is -0.361 e. The van der Waals surface area contributed by atoms with Crippen molar-refractivity contribution in [2.75, 3.05) is 6.54 Å². The van der Waals surface area contributed by atoms with Gasteiger partial charge in [-0.05, 0) is 12.0 Å². The van der Waals surface area contributed by atoms with Gasteiger partial charge in [0.1, 0.15) is 5.76 Å². The summed E-state index contributed by atoms with van der Waals surface area (Å²) >= 11 is 0. The number of fused-ring (bicyclic) bond motifs is 1. The first-order valence-corrected chi connectivity index (χ1v) is 7.10. The molecular weight excluding hydrogens is 286 g/mol. The second-order valence-corrected chi connectivity index (χ2v) is 5.18. The summed E-state index contributed by atoms with van der Waals surface area (Å²) < 4.78 is 5.06. The number of aromatic nitrogens is 1. The standard InChI is InChI=1S/C15H15N3O4/c1-2-11-8-13(16-22-11)15(19)17-7-6-12-10(9-17)4-3-5-14(12)18(20)21/h3-5,8H,2,6-7,9H2,1H3. The molecule has 1 aliphatic rings. The summed E-state index contributed by atoms with van der Waals surface area (Å²) in [5.74, 6) is 0.456. The van der Waals surface area contributed by atoms with Crippen molar-refractivity contribution >= 4 is 11.6 Å². The molecule has 114 valence electrons. The maximum absolute atomic E-state index is 12.4. The van der Waals surface area contributed by atoms with E-state index in [1.54, 1.807) is 17.0 Å². The number of carbonyl (C=O) groups is 1. The van der Waals surface area contributed by atoms with Crippen molar-refractivity contribution in [2.45, 2.75) is 26.3 Å². The van der Waals surface area contributed by atoms with E-state index in [1.807, 2.05) is 13.0 Å². The molecule has 7 heteroatoms. The van der Waals surface area contributed by atoms with Gasteiger partial charge in [0, 0.05) is 37.2 Å². The van der Waals surface area contributed by atoms with Crippen LogP contribution in [-0.2, 0) is 19.4 Å². The third-order valence-corrected chi connectivity index (χ3v) is 3.85. The van der Waals surface area contributed by atoms with Gasteiger partial charge in [0.15, 0.2) is 5.69 Å². The van der Waals surface area contributed by atoms with E-state index in [0.717, 1.165) is 5.56 Å². The van der Waals surface area contributed by atoms with E-state index in [-0.39, 0.29) is 22.2 Å². The Morgan fingerprint density at radius 3 is 3.00 bits per heavy atom. The monoisotopic (exact) mass is 301 g/mol. The first-order chi connectivity index (χ1) is 10.6. The molecule has 1 aliphatic heterocycles.